The van der Waals surface area contributed by atoms with E-state index in [1.807, 2.05) is 11.0 Å². The number of amides is 1. The molecule has 1 saturated heterocycles. The molecule has 4 N–H and O–H groups in total. The maximum absolute atomic E-state index is 11.4. The molecule has 30 heavy (non-hydrogen) atoms. The Morgan fingerprint density at radius 2 is 2.00 bits per heavy atom. The molecule has 1 amide bonds. The Kier molecular flexibility index (Phi) is 4.19. The van der Waals surface area contributed by atoms with Crippen LogP contribution in [0.2, 0.25) is 0 Å². The number of hydrogen-bond donors (Lipinski definition) is 4. The van der Waals surface area contributed by atoms with Crippen LogP contribution in [0, 0.1) is 0 Å². The summed E-state index contributed by atoms with van der Waals surface area (Å²) in [6.45, 7) is 1.84. The van der Waals surface area contributed by atoms with Gasteiger partial charge in [0.25, 0.3) is 0 Å². The monoisotopic (exact) mass is 412 g/mol. The molecular formula is C18H20N8O4. The Bertz CT molecular complexity index is 1290. The van der Waals surface area contributed by atoms with Crippen LogP contribution >= 0.6 is 0 Å². The molecule has 1 saturated carbocycles. The van der Waals surface area contributed by atoms with Gasteiger partial charge in [0.2, 0.25) is 5.88 Å². The number of imidazole rings is 1. The minimum Gasteiger partial charge on any atom is -0.493 e. The predicted molar refractivity (Wildman–Crippen MR) is 105 cm³/mol. The molecule has 156 valence electrons. The van der Waals surface area contributed by atoms with Crippen molar-refractivity contribution in [1.82, 2.24) is 29.5 Å². The summed E-state index contributed by atoms with van der Waals surface area (Å²) in [5.74, 6) is 0.428. The van der Waals surface area contributed by atoms with Gasteiger partial charge in [0.1, 0.15) is 11.5 Å². The molecule has 0 aromatic carbocycles. The van der Waals surface area contributed by atoms with Gasteiger partial charge >= 0.3 is 11.8 Å². The summed E-state index contributed by atoms with van der Waals surface area (Å²) in [7, 11) is 0. The van der Waals surface area contributed by atoms with E-state index in [1.54, 1.807) is 16.8 Å². The van der Waals surface area contributed by atoms with Crippen molar-refractivity contribution < 1.29 is 15.0 Å². The van der Waals surface area contributed by atoms with Crippen molar-refractivity contribution in [3.63, 3.8) is 0 Å². The van der Waals surface area contributed by atoms with Crippen LogP contribution in [-0.4, -0.2) is 78.0 Å². The lowest BCUT2D eigenvalue weighted by Crippen LogP contribution is -2.48. The number of aromatic hydroxyl groups is 1. The quantitative estimate of drug-likeness (QED) is 0.424. The number of hydrogen-bond acceptors (Lipinski definition) is 7. The number of piperazine rings is 1. The number of aromatic amines is 2. The molecule has 12 heteroatoms. The number of fused-ring (bicyclic) bond motifs is 1. The number of nitrogens with one attached hydrogen (secondary N) is 2. The zero-order valence-electron chi connectivity index (χ0n) is 15.9. The molecule has 1 aliphatic carbocycles. The van der Waals surface area contributed by atoms with Gasteiger partial charge in [0.15, 0.2) is 11.1 Å². The summed E-state index contributed by atoms with van der Waals surface area (Å²) in [5.41, 5.74) is 0.932. The molecule has 2 fully saturated rings. The number of rotatable bonds is 3. The lowest BCUT2D eigenvalue weighted by atomic mass is 10.3. The van der Waals surface area contributed by atoms with Gasteiger partial charge in [-0.1, -0.05) is 0 Å². The average Bonchev–Trinajstić information content (AvgIpc) is 3.36. The fourth-order valence-corrected chi connectivity index (χ4v) is 3.47. The number of carboxylic acid groups (broad SMARTS) is 1. The van der Waals surface area contributed by atoms with Crippen molar-refractivity contribution in [2.24, 2.45) is 4.99 Å². The van der Waals surface area contributed by atoms with Crippen LogP contribution in [0.15, 0.2) is 22.1 Å². The third-order valence-electron chi connectivity index (χ3n) is 5.24. The smallest absolute Gasteiger partial charge is 0.407 e. The largest absolute Gasteiger partial charge is 0.493 e. The van der Waals surface area contributed by atoms with Crippen LogP contribution in [0.4, 0.5) is 10.6 Å². The first-order valence-electron chi connectivity index (χ1n) is 9.66. The molecule has 0 unspecified atom stereocenters. The Morgan fingerprint density at radius 3 is 2.63 bits per heavy atom. The highest BCUT2D eigenvalue weighted by atomic mass is 16.4. The van der Waals surface area contributed by atoms with E-state index in [9.17, 15) is 19.8 Å². The van der Waals surface area contributed by atoms with Crippen molar-refractivity contribution >= 4 is 23.6 Å². The number of carbonyl (C=O) groups is 1. The number of aromatic nitrogens is 5. The van der Waals surface area contributed by atoms with Crippen LogP contribution in [0.5, 0.6) is 5.88 Å². The molecule has 5 rings (SSSR count). The summed E-state index contributed by atoms with van der Waals surface area (Å²) in [6.07, 6.45) is 4.35. The third-order valence-corrected chi connectivity index (χ3v) is 5.24. The third kappa shape index (κ3) is 3.36. The van der Waals surface area contributed by atoms with Crippen molar-refractivity contribution in [1.29, 1.82) is 0 Å². The van der Waals surface area contributed by atoms with Gasteiger partial charge in [-0.2, -0.15) is 9.61 Å². The summed E-state index contributed by atoms with van der Waals surface area (Å²) in [4.78, 5) is 40.3. The topological polar surface area (TPSA) is 155 Å². The standard InChI is InChI=1S/C18H20N8O4/c27-16-12(21-17(28)23-16)7-10-9-19-26-14(20-11-1-2-11)8-13(22-15(10)26)24-3-5-25(6-4-24)18(29)30/h7-9,11,27H,1-6H2,(H,29,30)(H2,21,23,28). The van der Waals surface area contributed by atoms with Gasteiger partial charge < -0.3 is 25.0 Å². The van der Waals surface area contributed by atoms with Crippen LogP contribution in [-0.2, 0) is 0 Å². The van der Waals surface area contributed by atoms with E-state index in [0.717, 1.165) is 12.8 Å². The van der Waals surface area contributed by atoms with Crippen molar-refractivity contribution in [2.75, 3.05) is 31.1 Å². The maximum Gasteiger partial charge on any atom is 0.407 e. The van der Waals surface area contributed by atoms with Crippen LogP contribution in [0.25, 0.3) is 11.7 Å². The molecule has 3 aromatic rings. The van der Waals surface area contributed by atoms with E-state index >= 15 is 0 Å². The van der Waals surface area contributed by atoms with Gasteiger partial charge in [-0.15, -0.1) is 0 Å². The number of nitrogens with zero attached hydrogens (tertiary/aromatic N) is 6. The fourth-order valence-electron chi connectivity index (χ4n) is 3.47. The molecule has 4 heterocycles. The van der Waals surface area contributed by atoms with Gasteiger partial charge in [0.05, 0.1) is 12.2 Å². The summed E-state index contributed by atoms with van der Waals surface area (Å²) in [5, 5.41) is 24.0. The Balaban J connectivity index is 1.61. The zero-order valence-corrected chi connectivity index (χ0v) is 15.9. The Morgan fingerprint density at radius 1 is 1.23 bits per heavy atom. The first-order valence-corrected chi connectivity index (χ1v) is 9.66. The van der Waals surface area contributed by atoms with Crippen molar-refractivity contribution in [2.45, 2.75) is 18.9 Å². The summed E-state index contributed by atoms with van der Waals surface area (Å²) >= 11 is 0. The fraction of sp³-hybridized carbons (Fsp3) is 0.389. The average molecular weight is 412 g/mol. The molecule has 0 spiro atoms. The molecule has 3 aromatic heterocycles. The highest BCUT2D eigenvalue weighted by molar-refractivity contribution is 5.65. The van der Waals surface area contributed by atoms with Gasteiger partial charge in [0, 0.05) is 37.5 Å². The highest BCUT2D eigenvalue weighted by Gasteiger charge is 2.23. The predicted octanol–water partition coefficient (Wildman–Crippen LogP) is -1.14. The highest BCUT2D eigenvalue weighted by Crippen LogP contribution is 2.22. The van der Waals surface area contributed by atoms with E-state index < -0.39 is 11.8 Å². The second kappa shape index (κ2) is 6.90. The SMILES string of the molecule is O=C(O)N1CCN(c2cc(=NC3CC3)n3ncc(=Cc4[nH]c(=O)[nH]c4O)c3n2)CC1. The zero-order chi connectivity index (χ0) is 20.8. The molecule has 0 bridgehead atoms. The summed E-state index contributed by atoms with van der Waals surface area (Å²) < 4.78 is 1.64. The van der Waals surface area contributed by atoms with E-state index in [-0.39, 0.29) is 17.6 Å². The molecule has 0 atom stereocenters. The van der Waals surface area contributed by atoms with E-state index in [0.29, 0.717) is 48.4 Å². The lowest BCUT2D eigenvalue weighted by molar-refractivity contribution is 0.142. The van der Waals surface area contributed by atoms with E-state index in [2.05, 4.69) is 15.1 Å². The molecular weight excluding hydrogens is 392 g/mol. The number of anilines is 1. The van der Waals surface area contributed by atoms with E-state index in [4.69, 9.17) is 9.98 Å². The lowest BCUT2D eigenvalue weighted by Gasteiger charge is -2.33. The Labute approximate surface area is 168 Å². The first-order chi connectivity index (χ1) is 14.5. The summed E-state index contributed by atoms with van der Waals surface area (Å²) in [6, 6.07) is 2.14. The minimum atomic E-state index is -0.921. The maximum atomic E-state index is 11.4. The number of H-pyrrole nitrogens is 2. The molecule has 0 radical (unpaired) electrons. The van der Waals surface area contributed by atoms with Crippen LogP contribution in [0.1, 0.15) is 18.5 Å². The van der Waals surface area contributed by atoms with Crippen LogP contribution in [0.3, 0.4) is 0 Å². The second-order valence-corrected chi connectivity index (χ2v) is 7.41. The van der Waals surface area contributed by atoms with Crippen LogP contribution < -0.4 is 21.3 Å². The Hall–Kier alpha value is -3.83. The first kappa shape index (κ1) is 18.2. The van der Waals surface area contributed by atoms with Crippen molar-refractivity contribution in [3.8, 4) is 5.88 Å². The second-order valence-electron chi connectivity index (χ2n) is 7.41. The normalized spacial score (nSPS) is 18.5. The molecule has 12 nitrogen and oxygen atoms in total. The van der Waals surface area contributed by atoms with Gasteiger partial charge in [-0.05, 0) is 18.9 Å². The van der Waals surface area contributed by atoms with Gasteiger partial charge in [-0.3, -0.25) is 9.98 Å². The van der Waals surface area contributed by atoms with Gasteiger partial charge in [-0.25, -0.2) is 14.6 Å². The molecule has 1 aliphatic heterocycles. The van der Waals surface area contributed by atoms with Crippen molar-refractivity contribution in [3.05, 3.63) is 39.1 Å². The van der Waals surface area contributed by atoms with E-state index in [1.165, 1.54) is 4.90 Å². The minimum absolute atomic E-state index is 0.234. The molecule has 2 aliphatic rings.